The molecule has 3 nitrogen and oxygen atoms in total. The first-order valence-corrected chi connectivity index (χ1v) is 7.44. The van der Waals surface area contributed by atoms with E-state index in [-0.39, 0.29) is 5.91 Å². The molecule has 0 saturated heterocycles. The number of carbonyl (C=O) groups excluding carboxylic acids is 1. The summed E-state index contributed by atoms with van der Waals surface area (Å²) in [6, 6.07) is 6.14. The number of nitrogens with one attached hydrogen (secondary N) is 1. The fraction of sp³-hybridized carbons (Fsp3) is 0.0588. The van der Waals surface area contributed by atoms with E-state index in [0.717, 1.165) is 21.4 Å². The van der Waals surface area contributed by atoms with E-state index in [0.29, 0.717) is 5.13 Å². The van der Waals surface area contributed by atoms with Gasteiger partial charge < -0.3 is 5.32 Å². The van der Waals surface area contributed by atoms with Crippen LogP contribution in [-0.4, -0.2) is 10.9 Å². The largest absolute Gasteiger partial charge is 0.302 e. The molecule has 1 heterocycles. The van der Waals surface area contributed by atoms with Crippen LogP contribution in [0.15, 0.2) is 60.7 Å². The van der Waals surface area contributed by atoms with Crippen molar-refractivity contribution in [1.82, 2.24) is 4.98 Å². The lowest BCUT2D eigenvalue weighted by Gasteiger charge is -2.02. The summed E-state index contributed by atoms with van der Waals surface area (Å²) in [6.45, 7) is 1.49. The Balaban J connectivity index is 1.98. The topological polar surface area (TPSA) is 42.0 Å². The highest BCUT2D eigenvalue weighted by atomic mass is 32.1. The maximum absolute atomic E-state index is 11.1. The van der Waals surface area contributed by atoms with Gasteiger partial charge in [-0.1, -0.05) is 59.9 Å². The van der Waals surface area contributed by atoms with Gasteiger partial charge in [-0.2, -0.15) is 0 Å². The number of benzene rings is 1. The van der Waals surface area contributed by atoms with Crippen molar-refractivity contribution < 1.29 is 4.79 Å². The SMILES string of the molecule is CC(=O)Nc1nc2ccc(C3=C/C=C\C=C/C=C\3)cc2s1. The fourth-order valence-corrected chi connectivity index (χ4v) is 3.02. The first kappa shape index (κ1) is 13.5. The summed E-state index contributed by atoms with van der Waals surface area (Å²) in [4.78, 5) is 15.5. The third-order valence-corrected chi connectivity index (χ3v) is 3.93. The van der Waals surface area contributed by atoms with Gasteiger partial charge in [0, 0.05) is 6.92 Å². The number of rotatable bonds is 2. The van der Waals surface area contributed by atoms with Gasteiger partial charge in [0.05, 0.1) is 10.2 Å². The van der Waals surface area contributed by atoms with Gasteiger partial charge in [0.15, 0.2) is 5.13 Å². The molecule has 0 saturated carbocycles. The molecule has 0 aliphatic heterocycles. The molecule has 3 rings (SSSR count). The molecule has 21 heavy (non-hydrogen) atoms. The minimum atomic E-state index is -0.100. The predicted octanol–water partition coefficient (Wildman–Crippen LogP) is 4.32. The van der Waals surface area contributed by atoms with E-state index < -0.39 is 0 Å². The van der Waals surface area contributed by atoms with Gasteiger partial charge >= 0.3 is 0 Å². The minimum Gasteiger partial charge on any atom is -0.302 e. The molecule has 4 heteroatoms. The van der Waals surface area contributed by atoms with E-state index in [1.54, 1.807) is 0 Å². The van der Waals surface area contributed by atoms with Crippen molar-refractivity contribution in [3.05, 3.63) is 66.3 Å². The van der Waals surface area contributed by atoms with E-state index in [9.17, 15) is 4.79 Å². The normalized spacial score (nSPS) is 20.9. The molecular weight excluding hydrogens is 280 g/mol. The Kier molecular flexibility index (Phi) is 3.79. The lowest BCUT2D eigenvalue weighted by molar-refractivity contribution is -0.114. The summed E-state index contributed by atoms with van der Waals surface area (Å²) < 4.78 is 1.06. The summed E-state index contributed by atoms with van der Waals surface area (Å²) in [5, 5.41) is 3.37. The quantitative estimate of drug-likeness (QED) is 0.896. The van der Waals surface area contributed by atoms with Crippen LogP contribution in [0.3, 0.4) is 0 Å². The Morgan fingerprint density at radius 2 is 1.95 bits per heavy atom. The van der Waals surface area contributed by atoms with Crippen molar-refractivity contribution >= 4 is 38.2 Å². The van der Waals surface area contributed by atoms with Gasteiger partial charge in [0.1, 0.15) is 0 Å². The second-order valence-corrected chi connectivity index (χ2v) is 5.66. The van der Waals surface area contributed by atoms with E-state index >= 15 is 0 Å². The third kappa shape index (κ3) is 3.17. The van der Waals surface area contributed by atoms with Crippen LogP contribution in [0.4, 0.5) is 5.13 Å². The average molecular weight is 294 g/mol. The zero-order valence-corrected chi connectivity index (χ0v) is 12.4. The van der Waals surface area contributed by atoms with Crippen molar-refractivity contribution in [1.29, 1.82) is 0 Å². The number of aromatic nitrogens is 1. The number of thiazole rings is 1. The minimum absolute atomic E-state index is 0.100. The molecule has 1 N–H and O–H groups in total. The smallest absolute Gasteiger partial charge is 0.223 e. The van der Waals surface area contributed by atoms with Crippen molar-refractivity contribution in [3.8, 4) is 0 Å². The summed E-state index contributed by atoms with van der Waals surface area (Å²) in [5.74, 6) is -0.100. The fourth-order valence-electron chi connectivity index (χ4n) is 2.07. The lowest BCUT2D eigenvalue weighted by Crippen LogP contribution is -2.04. The Labute approximate surface area is 127 Å². The molecule has 1 aliphatic rings. The first-order valence-electron chi connectivity index (χ1n) is 6.62. The molecule has 2 aromatic rings. The number of anilines is 1. The lowest BCUT2D eigenvalue weighted by atomic mass is 10.0. The van der Waals surface area contributed by atoms with Crippen LogP contribution < -0.4 is 5.32 Å². The highest BCUT2D eigenvalue weighted by Crippen LogP contribution is 2.29. The molecule has 1 aromatic heterocycles. The second-order valence-electron chi connectivity index (χ2n) is 4.63. The van der Waals surface area contributed by atoms with Crippen LogP contribution in [0, 0.1) is 0 Å². The predicted molar refractivity (Wildman–Crippen MR) is 89.3 cm³/mol. The number of amides is 1. The van der Waals surface area contributed by atoms with E-state index in [4.69, 9.17) is 0 Å². The van der Waals surface area contributed by atoms with Gasteiger partial charge in [-0.05, 0) is 23.3 Å². The van der Waals surface area contributed by atoms with Gasteiger partial charge in [0.25, 0.3) is 0 Å². The number of allylic oxidation sites excluding steroid dienone is 8. The average Bonchev–Trinajstić information content (AvgIpc) is 2.78. The van der Waals surface area contributed by atoms with Crippen LogP contribution in [0.5, 0.6) is 0 Å². The van der Waals surface area contributed by atoms with Crippen molar-refractivity contribution in [2.24, 2.45) is 0 Å². The van der Waals surface area contributed by atoms with Crippen molar-refractivity contribution in [2.45, 2.75) is 6.92 Å². The molecule has 0 unspecified atom stereocenters. The number of carbonyl (C=O) groups is 1. The number of hydrogen-bond acceptors (Lipinski definition) is 3. The standard InChI is InChI=1S/C17H14N2OS/c1-12(20)18-17-19-15-10-9-14(11-16(15)21-17)13-7-5-3-2-4-6-8-13/h2-11H,1H3,(H,18,19,20)/b3-2-,4-2?,5-3?,6-4-,7-5-,8-6?,13-7?,13-8+. The Morgan fingerprint density at radius 1 is 1.14 bits per heavy atom. The van der Waals surface area contributed by atoms with Crippen LogP contribution in [-0.2, 0) is 4.79 Å². The number of fused-ring (bicyclic) bond motifs is 1. The van der Waals surface area contributed by atoms with Crippen molar-refractivity contribution in [2.75, 3.05) is 5.32 Å². The molecule has 0 bridgehead atoms. The first-order chi connectivity index (χ1) is 10.2. The molecule has 1 aliphatic carbocycles. The monoisotopic (exact) mass is 294 g/mol. The highest BCUT2D eigenvalue weighted by molar-refractivity contribution is 7.22. The van der Waals surface area contributed by atoms with Crippen molar-refractivity contribution in [3.63, 3.8) is 0 Å². The summed E-state index contributed by atoms with van der Waals surface area (Å²) in [6.07, 6.45) is 14.2. The zero-order valence-electron chi connectivity index (χ0n) is 11.5. The van der Waals surface area contributed by atoms with E-state index in [2.05, 4.69) is 34.6 Å². The molecule has 0 atom stereocenters. The maximum atomic E-state index is 11.1. The molecule has 1 amide bonds. The summed E-state index contributed by atoms with van der Waals surface area (Å²) >= 11 is 1.49. The van der Waals surface area contributed by atoms with Crippen LogP contribution >= 0.6 is 11.3 Å². The van der Waals surface area contributed by atoms with Gasteiger partial charge in [-0.15, -0.1) is 0 Å². The van der Waals surface area contributed by atoms with Gasteiger partial charge in [-0.3, -0.25) is 4.79 Å². The van der Waals surface area contributed by atoms with Crippen LogP contribution in [0.1, 0.15) is 12.5 Å². The molecule has 104 valence electrons. The number of hydrogen-bond donors (Lipinski definition) is 1. The summed E-state index contributed by atoms with van der Waals surface area (Å²) in [5.41, 5.74) is 3.18. The zero-order chi connectivity index (χ0) is 14.7. The highest BCUT2D eigenvalue weighted by Gasteiger charge is 2.07. The van der Waals surface area contributed by atoms with Crippen LogP contribution in [0.25, 0.3) is 15.8 Å². The van der Waals surface area contributed by atoms with E-state index in [1.807, 2.05) is 36.4 Å². The molecule has 0 spiro atoms. The second kappa shape index (κ2) is 5.89. The Morgan fingerprint density at radius 3 is 2.81 bits per heavy atom. The van der Waals surface area contributed by atoms with Gasteiger partial charge in [0.2, 0.25) is 5.91 Å². The Bertz CT molecular complexity index is 809. The maximum Gasteiger partial charge on any atom is 0.223 e. The molecule has 1 aromatic carbocycles. The summed E-state index contributed by atoms with van der Waals surface area (Å²) in [7, 11) is 0. The molecular formula is C17H14N2OS. The van der Waals surface area contributed by atoms with E-state index in [1.165, 1.54) is 18.3 Å². The molecule has 0 radical (unpaired) electrons. The van der Waals surface area contributed by atoms with Crippen LogP contribution in [0.2, 0.25) is 0 Å². The third-order valence-electron chi connectivity index (χ3n) is 3.00. The Hall–Kier alpha value is -2.46. The molecule has 0 fully saturated rings. The number of nitrogens with zero attached hydrogens (tertiary/aromatic N) is 1. The van der Waals surface area contributed by atoms with Gasteiger partial charge in [-0.25, -0.2) is 4.98 Å².